The number of hydrogen-bond donors (Lipinski definition) is 2. The van der Waals surface area contributed by atoms with Crippen molar-refractivity contribution in [3.63, 3.8) is 0 Å². The maximum Gasteiger partial charge on any atom is 0.423 e. The summed E-state index contributed by atoms with van der Waals surface area (Å²) in [4.78, 5) is 0. The summed E-state index contributed by atoms with van der Waals surface area (Å²) in [5, 5.41) is 11.3. The van der Waals surface area contributed by atoms with E-state index in [9.17, 15) is 0 Å². The van der Waals surface area contributed by atoms with Gasteiger partial charge in [0.2, 0.25) is 0 Å². The first-order valence-corrected chi connectivity index (χ1v) is 12.5. The lowest BCUT2D eigenvalue weighted by Crippen LogP contribution is -2.23. The average molecular weight is 466 g/mol. The number of hydrogen-bond acceptors (Lipinski definition) is 4. The molecule has 0 atom stereocenters. The molecule has 0 amide bonds. The minimum Gasteiger partial charge on any atom is -0.262 e. The summed E-state index contributed by atoms with van der Waals surface area (Å²) in [6.07, 6.45) is 0.968. The Bertz CT molecular complexity index is 1160. The van der Waals surface area contributed by atoms with E-state index in [0.717, 1.165) is 6.42 Å². The third-order valence-electron chi connectivity index (χ3n) is 4.59. The number of benzene rings is 4. The van der Waals surface area contributed by atoms with Gasteiger partial charge in [-0.05, 0) is 41.4 Å². The molecule has 0 heterocycles. The van der Waals surface area contributed by atoms with Gasteiger partial charge in [0.1, 0.15) is 0 Å². The van der Waals surface area contributed by atoms with Crippen LogP contribution in [0.5, 0.6) is 0 Å². The Balaban J connectivity index is 0.000000427. The first-order chi connectivity index (χ1) is 15.5. The summed E-state index contributed by atoms with van der Waals surface area (Å²) >= 11 is 0. The molecule has 0 fully saturated rings. The molecule has 2 N–H and O–H groups in total. The van der Waals surface area contributed by atoms with Crippen LogP contribution in [0.3, 0.4) is 0 Å². The fourth-order valence-corrected chi connectivity index (χ4v) is 5.75. The second-order valence-electron chi connectivity index (χ2n) is 6.80. The van der Waals surface area contributed by atoms with Crippen molar-refractivity contribution in [2.75, 3.05) is 0 Å². The highest BCUT2D eigenvalue weighted by atomic mass is 32.3. The van der Waals surface area contributed by atoms with E-state index >= 15 is 0 Å². The molecule has 0 aromatic heterocycles. The Morgan fingerprint density at radius 3 is 1.53 bits per heavy atom. The molecule has 4 aromatic carbocycles. The van der Waals surface area contributed by atoms with Crippen LogP contribution in [-0.2, 0) is 21.2 Å². The molecule has 0 aliphatic carbocycles. The summed E-state index contributed by atoms with van der Waals surface area (Å²) in [7, 11) is -5.17. The zero-order valence-electron chi connectivity index (χ0n) is 17.2. The van der Waals surface area contributed by atoms with Gasteiger partial charge in [0.15, 0.2) is 0 Å². The van der Waals surface area contributed by atoms with E-state index in [1.165, 1.54) is 27.0 Å². The third-order valence-corrected chi connectivity index (χ3v) is 7.33. The van der Waals surface area contributed by atoms with E-state index in [1.807, 2.05) is 0 Å². The van der Waals surface area contributed by atoms with Crippen molar-refractivity contribution >= 4 is 34.2 Å². The zero-order chi connectivity index (χ0) is 22.8. The average Bonchev–Trinajstić information content (AvgIpc) is 2.82. The Hall–Kier alpha value is -2.86. The van der Waals surface area contributed by atoms with E-state index in [-0.39, 0.29) is 0 Å². The van der Waals surface area contributed by atoms with Crippen LogP contribution in [0.15, 0.2) is 115 Å². The van der Waals surface area contributed by atoms with E-state index in [2.05, 4.69) is 120 Å². The van der Waals surface area contributed by atoms with Crippen LogP contribution < -0.4 is 15.9 Å². The Morgan fingerprint density at radius 2 is 1.06 bits per heavy atom. The first kappa shape index (κ1) is 23.8. The fourth-order valence-electron chi connectivity index (χ4n) is 3.28. The maximum absolute atomic E-state index is 9.08. The van der Waals surface area contributed by atoms with Gasteiger partial charge in [-0.2, -0.15) is 8.42 Å². The molecule has 0 saturated carbocycles. The van der Waals surface area contributed by atoms with Gasteiger partial charge in [0.25, 0.3) is 0 Å². The molecule has 5 nitrogen and oxygen atoms in total. The molecule has 0 unspecified atom stereocenters. The van der Waals surface area contributed by atoms with Crippen LogP contribution >= 0.6 is 7.92 Å². The normalized spacial score (nSPS) is 11.0. The van der Waals surface area contributed by atoms with Crippen molar-refractivity contribution in [3.8, 4) is 0 Å². The van der Waals surface area contributed by atoms with E-state index in [0.29, 0.717) is 0 Å². The second kappa shape index (κ2) is 11.7. The standard InChI is InChI=1S/C25H21P.H2O5S/c1-4-12-21(13-5-1)20-22-14-10-11-19-25(22)26(23-15-6-2-7-16-23)24-17-8-3-9-18-24;1-5-6(2,3)4/h1-19H,20H2;1H,(H,2,3,4). The Labute approximate surface area is 189 Å². The molecule has 0 radical (unpaired) electrons. The van der Waals surface area contributed by atoms with Gasteiger partial charge in [0.05, 0.1) is 0 Å². The highest BCUT2D eigenvalue weighted by Gasteiger charge is 2.19. The van der Waals surface area contributed by atoms with Crippen LogP contribution in [0.25, 0.3) is 0 Å². The van der Waals surface area contributed by atoms with E-state index in [1.54, 1.807) is 0 Å². The molecular formula is C25H23O5PS. The van der Waals surface area contributed by atoms with Crippen LogP contribution in [0.2, 0.25) is 0 Å². The molecule has 32 heavy (non-hydrogen) atoms. The van der Waals surface area contributed by atoms with E-state index in [4.69, 9.17) is 18.2 Å². The van der Waals surface area contributed by atoms with Crippen molar-refractivity contribution in [2.45, 2.75) is 6.42 Å². The van der Waals surface area contributed by atoms with Crippen LogP contribution in [-0.4, -0.2) is 18.2 Å². The minimum absolute atomic E-state index is 0.563. The van der Waals surface area contributed by atoms with Crippen LogP contribution in [0.4, 0.5) is 0 Å². The lowest BCUT2D eigenvalue weighted by molar-refractivity contribution is -0.139. The second-order valence-corrected chi connectivity index (χ2v) is 9.99. The SMILES string of the molecule is O=S(=O)(O)OO.c1ccc(Cc2ccccc2P(c2ccccc2)c2ccccc2)cc1. The molecule has 0 bridgehead atoms. The third kappa shape index (κ3) is 7.09. The van der Waals surface area contributed by atoms with Crippen molar-refractivity contribution < 1.29 is 22.6 Å². The van der Waals surface area contributed by atoms with Crippen molar-refractivity contribution in [2.24, 2.45) is 0 Å². The van der Waals surface area contributed by atoms with Gasteiger partial charge in [0, 0.05) is 0 Å². The summed E-state index contributed by atoms with van der Waals surface area (Å²) in [6.45, 7) is 0. The molecule has 0 spiro atoms. The van der Waals surface area contributed by atoms with Gasteiger partial charge < -0.3 is 0 Å². The quantitative estimate of drug-likeness (QED) is 0.191. The summed E-state index contributed by atoms with van der Waals surface area (Å²) in [6, 6.07) is 41.5. The predicted molar refractivity (Wildman–Crippen MR) is 130 cm³/mol. The van der Waals surface area contributed by atoms with Gasteiger partial charge in [-0.3, -0.25) is 4.55 Å². The molecular weight excluding hydrogens is 443 g/mol. The monoisotopic (exact) mass is 466 g/mol. The fraction of sp³-hybridized carbons (Fsp3) is 0.0400. The highest BCUT2D eigenvalue weighted by Crippen LogP contribution is 2.34. The smallest absolute Gasteiger partial charge is 0.262 e. The predicted octanol–water partition coefficient (Wildman–Crippen LogP) is 4.31. The highest BCUT2D eigenvalue weighted by molar-refractivity contribution is 7.80. The Morgan fingerprint density at radius 1 is 0.656 bits per heavy atom. The van der Waals surface area contributed by atoms with Crippen molar-refractivity contribution in [1.82, 2.24) is 0 Å². The molecule has 164 valence electrons. The van der Waals surface area contributed by atoms with Gasteiger partial charge >= 0.3 is 10.4 Å². The van der Waals surface area contributed by atoms with E-state index < -0.39 is 18.3 Å². The zero-order valence-corrected chi connectivity index (χ0v) is 18.9. The van der Waals surface area contributed by atoms with Gasteiger partial charge in [-0.15, -0.1) is 0 Å². The van der Waals surface area contributed by atoms with Crippen LogP contribution in [0.1, 0.15) is 11.1 Å². The Kier molecular flexibility index (Phi) is 8.68. The molecule has 4 rings (SSSR count). The minimum atomic E-state index is -4.61. The lowest BCUT2D eigenvalue weighted by Gasteiger charge is -2.22. The summed E-state index contributed by atoms with van der Waals surface area (Å²) in [5.41, 5.74) is 2.77. The maximum atomic E-state index is 9.08. The molecule has 0 aliphatic heterocycles. The van der Waals surface area contributed by atoms with Gasteiger partial charge in [-0.1, -0.05) is 120 Å². The largest absolute Gasteiger partial charge is 0.423 e. The lowest BCUT2D eigenvalue weighted by atomic mass is 10.1. The molecule has 0 aliphatic rings. The van der Waals surface area contributed by atoms with Crippen molar-refractivity contribution in [3.05, 3.63) is 126 Å². The molecule has 0 saturated heterocycles. The molecule has 7 heteroatoms. The first-order valence-electron chi connectivity index (χ1n) is 9.80. The van der Waals surface area contributed by atoms with Crippen LogP contribution in [0, 0.1) is 0 Å². The van der Waals surface area contributed by atoms with Gasteiger partial charge in [-0.25, -0.2) is 5.26 Å². The topological polar surface area (TPSA) is 83.8 Å². The van der Waals surface area contributed by atoms with Crippen molar-refractivity contribution in [1.29, 1.82) is 0 Å². The summed E-state index contributed by atoms with van der Waals surface area (Å²) in [5.74, 6) is 0. The number of rotatable bonds is 6. The summed E-state index contributed by atoms with van der Waals surface area (Å²) < 4.78 is 28.0. The molecule has 4 aromatic rings.